The van der Waals surface area contributed by atoms with Gasteiger partial charge in [-0.2, -0.15) is 0 Å². The number of hydrogen-bond acceptors (Lipinski definition) is 5. The molecule has 0 radical (unpaired) electrons. The van der Waals surface area contributed by atoms with Crippen LogP contribution in [0.4, 0.5) is 5.95 Å². The number of aromatic amines is 1. The average molecular weight is 400 g/mol. The molecular weight excluding hydrogens is 376 g/mol. The Morgan fingerprint density at radius 2 is 1.63 bits per heavy atom. The molecule has 2 aromatic carbocycles. The van der Waals surface area contributed by atoms with Gasteiger partial charge in [-0.05, 0) is 43.2 Å². The molecule has 152 valence electrons. The minimum atomic E-state index is 0.685. The monoisotopic (exact) mass is 400 g/mol. The molecule has 1 aliphatic heterocycles. The molecule has 0 amide bonds. The van der Waals surface area contributed by atoms with Crippen LogP contribution in [0.25, 0.3) is 33.4 Å². The van der Waals surface area contributed by atoms with E-state index in [-0.39, 0.29) is 0 Å². The van der Waals surface area contributed by atoms with Gasteiger partial charge in [-0.25, -0.2) is 9.97 Å². The number of rotatable bonds is 5. The lowest BCUT2D eigenvalue weighted by atomic mass is 10.1. The Kier molecular flexibility index (Phi) is 4.75. The van der Waals surface area contributed by atoms with Crippen molar-refractivity contribution in [3.8, 4) is 34.0 Å². The fourth-order valence-corrected chi connectivity index (χ4v) is 4.06. The molecule has 0 spiro atoms. The van der Waals surface area contributed by atoms with Gasteiger partial charge in [0.15, 0.2) is 11.5 Å². The van der Waals surface area contributed by atoms with Crippen LogP contribution in [0.1, 0.15) is 12.8 Å². The first-order valence-corrected chi connectivity index (χ1v) is 10.2. The van der Waals surface area contributed by atoms with Crippen LogP contribution in [-0.4, -0.2) is 42.3 Å². The number of fused-ring (bicyclic) bond motifs is 1. The Labute approximate surface area is 175 Å². The third kappa shape index (κ3) is 3.24. The summed E-state index contributed by atoms with van der Waals surface area (Å²) in [6.45, 7) is 1.98. The van der Waals surface area contributed by atoms with Gasteiger partial charge in [-0.15, -0.1) is 0 Å². The van der Waals surface area contributed by atoms with Gasteiger partial charge in [0.05, 0.1) is 25.6 Å². The zero-order valence-corrected chi connectivity index (χ0v) is 17.2. The van der Waals surface area contributed by atoms with Gasteiger partial charge < -0.3 is 19.4 Å². The van der Waals surface area contributed by atoms with Gasteiger partial charge in [-0.1, -0.05) is 18.2 Å². The van der Waals surface area contributed by atoms with Crippen LogP contribution in [0.15, 0.2) is 54.7 Å². The second-order valence-electron chi connectivity index (χ2n) is 7.45. The van der Waals surface area contributed by atoms with E-state index in [1.165, 1.54) is 12.8 Å². The smallest absolute Gasteiger partial charge is 0.226 e. The molecule has 1 aliphatic rings. The highest BCUT2D eigenvalue weighted by atomic mass is 16.5. The van der Waals surface area contributed by atoms with Crippen LogP contribution in [0.2, 0.25) is 0 Å². The van der Waals surface area contributed by atoms with Gasteiger partial charge in [0.25, 0.3) is 0 Å². The van der Waals surface area contributed by atoms with E-state index >= 15 is 0 Å². The van der Waals surface area contributed by atoms with Crippen LogP contribution in [0.5, 0.6) is 11.5 Å². The fourth-order valence-electron chi connectivity index (χ4n) is 4.06. The van der Waals surface area contributed by atoms with Crippen molar-refractivity contribution in [1.29, 1.82) is 0 Å². The molecule has 2 aromatic heterocycles. The highest BCUT2D eigenvalue weighted by molar-refractivity contribution is 5.95. The Bertz CT molecular complexity index is 1200. The van der Waals surface area contributed by atoms with E-state index in [1.807, 2.05) is 30.5 Å². The van der Waals surface area contributed by atoms with Gasteiger partial charge in [0.1, 0.15) is 0 Å². The van der Waals surface area contributed by atoms with Crippen molar-refractivity contribution in [2.45, 2.75) is 12.8 Å². The van der Waals surface area contributed by atoms with E-state index in [9.17, 15) is 0 Å². The molecule has 4 aromatic rings. The lowest BCUT2D eigenvalue weighted by Crippen LogP contribution is -2.20. The summed E-state index contributed by atoms with van der Waals surface area (Å²) in [4.78, 5) is 15.5. The number of ether oxygens (including phenoxy) is 2. The van der Waals surface area contributed by atoms with Crippen molar-refractivity contribution in [2.24, 2.45) is 0 Å². The van der Waals surface area contributed by atoms with E-state index in [0.29, 0.717) is 11.5 Å². The summed E-state index contributed by atoms with van der Waals surface area (Å²) in [5, 5.41) is 1.15. The summed E-state index contributed by atoms with van der Waals surface area (Å²) < 4.78 is 10.9. The zero-order chi connectivity index (χ0) is 20.5. The maximum absolute atomic E-state index is 5.50. The molecule has 0 saturated carbocycles. The minimum absolute atomic E-state index is 0.685. The first-order valence-electron chi connectivity index (χ1n) is 10.2. The molecular formula is C24H24N4O2. The van der Waals surface area contributed by atoms with Crippen LogP contribution in [0, 0.1) is 0 Å². The molecule has 1 fully saturated rings. The first kappa shape index (κ1) is 18.5. The quantitative estimate of drug-likeness (QED) is 0.516. The van der Waals surface area contributed by atoms with Crippen molar-refractivity contribution in [1.82, 2.24) is 15.0 Å². The number of nitrogens with zero attached hydrogens (tertiary/aromatic N) is 3. The number of H-pyrrole nitrogens is 1. The van der Waals surface area contributed by atoms with Crippen LogP contribution in [-0.2, 0) is 0 Å². The molecule has 0 aliphatic carbocycles. The summed E-state index contributed by atoms with van der Waals surface area (Å²) in [5.41, 5.74) is 4.93. The molecule has 5 rings (SSSR count). The highest BCUT2D eigenvalue weighted by Gasteiger charge is 2.19. The standard InChI is InChI=1S/C24H24N4O2/c1-29-22-10-9-16(13-23(22)30-2)20-14-21(27-24(26-20)28-11-5-6-12-28)18-15-25-19-8-4-3-7-17(18)19/h3-4,7-10,13-15,25H,5-6,11-12H2,1-2H3. The predicted octanol–water partition coefficient (Wildman–Crippen LogP) is 4.91. The van der Waals surface area contributed by atoms with Crippen molar-refractivity contribution in [2.75, 3.05) is 32.2 Å². The molecule has 1 N–H and O–H groups in total. The lowest BCUT2D eigenvalue weighted by Gasteiger charge is -2.17. The summed E-state index contributed by atoms with van der Waals surface area (Å²) in [6.07, 6.45) is 4.37. The van der Waals surface area contributed by atoms with Crippen LogP contribution in [0.3, 0.4) is 0 Å². The van der Waals surface area contributed by atoms with Crippen molar-refractivity contribution < 1.29 is 9.47 Å². The van der Waals surface area contributed by atoms with Crippen LogP contribution >= 0.6 is 0 Å². The van der Waals surface area contributed by atoms with Gasteiger partial charge in [0.2, 0.25) is 5.95 Å². The predicted molar refractivity (Wildman–Crippen MR) is 119 cm³/mol. The summed E-state index contributed by atoms with van der Waals surface area (Å²) in [7, 11) is 3.29. The second kappa shape index (κ2) is 7.71. The van der Waals surface area contributed by atoms with Gasteiger partial charge in [-0.3, -0.25) is 0 Å². The number of benzene rings is 2. The van der Waals surface area contributed by atoms with Crippen molar-refractivity contribution in [3.63, 3.8) is 0 Å². The number of anilines is 1. The van der Waals surface area contributed by atoms with E-state index in [2.05, 4.69) is 34.1 Å². The molecule has 0 unspecified atom stereocenters. The molecule has 0 bridgehead atoms. The van der Waals surface area contributed by atoms with Gasteiger partial charge in [0, 0.05) is 41.3 Å². The van der Waals surface area contributed by atoms with Crippen molar-refractivity contribution >= 4 is 16.9 Å². The first-order chi connectivity index (χ1) is 14.8. The lowest BCUT2D eigenvalue weighted by molar-refractivity contribution is 0.355. The number of para-hydroxylation sites is 1. The number of aromatic nitrogens is 3. The van der Waals surface area contributed by atoms with E-state index in [1.54, 1.807) is 14.2 Å². The molecule has 6 nitrogen and oxygen atoms in total. The summed E-state index contributed by atoms with van der Waals surface area (Å²) in [6, 6.07) is 16.2. The zero-order valence-electron chi connectivity index (χ0n) is 17.2. The molecule has 0 atom stereocenters. The van der Waals surface area contributed by atoms with Gasteiger partial charge >= 0.3 is 0 Å². The maximum atomic E-state index is 5.50. The topological polar surface area (TPSA) is 63.3 Å². The third-order valence-electron chi connectivity index (χ3n) is 5.65. The Morgan fingerprint density at radius 3 is 2.43 bits per heavy atom. The summed E-state index contributed by atoms with van der Waals surface area (Å²) in [5.74, 6) is 2.16. The molecule has 3 heterocycles. The number of hydrogen-bond donors (Lipinski definition) is 1. The Balaban J connectivity index is 1.67. The normalized spacial score (nSPS) is 13.7. The second-order valence-corrected chi connectivity index (χ2v) is 7.45. The van der Waals surface area contributed by atoms with Crippen molar-refractivity contribution in [3.05, 3.63) is 54.7 Å². The highest BCUT2D eigenvalue weighted by Crippen LogP contribution is 2.35. The van der Waals surface area contributed by atoms with E-state index < -0.39 is 0 Å². The van der Waals surface area contributed by atoms with Crippen LogP contribution < -0.4 is 14.4 Å². The maximum Gasteiger partial charge on any atom is 0.226 e. The van der Waals surface area contributed by atoms with E-state index in [0.717, 1.165) is 52.5 Å². The average Bonchev–Trinajstić information content (AvgIpc) is 3.48. The summed E-state index contributed by atoms with van der Waals surface area (Å²) >= 11 is 0. The van der Waals surface area contributed by atoms with E-state index in [4.69, 9.17) is 19.4 Å². The Hall–Kier alpha value is -3.54. The minimum Gasteiger partial charge on any atom is -0.493 e. The third-order valence-corrected chi connectivity index (χ3v) is 5.65. The molecule has 6 heteroatoms. The number of nitrogens with one attached hydrogen (secondary N) is 1. The molecule has 30 heavy (non-hydrogen) atoms. The Morgan fingerprint density at radius 1 is 0.867 bits per heavy atom. The fraction of sp³-hybridized carbons (Fsp3) is 0.250. The molecule has 1 saturated heterocycles. The number of methoxy groups -OCH3 is 2. The SMILES string of the molecule is COc1ccc(-c2cc(-c3c[nH]c4ccccc34)nc(N3CCCC3)n2)cc1OC. The largest absolute Gasteiger partial charge is 0.493 e.